The molecule has 26 atom stereocenters. The van der Waals surface area contributed by atoms with Crippen LogP contribution in [0.2, 0.25) is 0 Å². The minimum atomic E-state index is -2.08. The Labute approximate surface area is 392 Å². The summed E-state index contributed by atoms with van der Waals surface area (Å²) in [5.74, 6) is -1.41. The second kappa shape index (κ2) is 18.2. The summed E-state index contributed by atoms with van der Waals surface area (Å²) >= 11 is 0. The molecular weight excluding hydrogens is 881 g/mol. The number of aliphatic carboxylic acids is 1. The van der Waals surface area contributed by atoms with Crippen molar-refractivity contribution in [1.82, 2.24) is 0 Å². The Hall–Kier alpha value is -1.47. The highest BCUT2D eigenvalue weighted by Crippen LogP contribution is 2.76. The molecule has 0 bridgehead atoms. The average molecular weight is 959 g/mol. The SMILES string of the molecule is C[C@@H]1O[C@@H](O[C@H]2[C@H](O[C@H]3[C@H](O[C@H]4CC[C@@]5(C)C(CC[C@]6(C)C5CC=C5[C@@H]7C[C@](C)(CO)C[C@@H](O)[C@]7(C)CC[C@]56C)[C@@]4(C)CO)O[C@H](C(=O)O)[C@@H](O)[C@@H]3O)O[C@H](CO)[C@H](O)[C@@H]2O)[C@H](O)[C@H](O)[C@H]1O. The molecular formula is C48H78O19. The zero-order valence-electron chi connectivity index (χ0n) is 39.8. The van der Waals surface area contributed by atoms with Gasteiger partial charge in [0.1, 0.15) is 61.0 Å². The van der Waals surface area contributed by atoms with Gasteiger partial charge in [0.05, 0.1) is 31.5 Å². The first kappa shape index (κ1) is 51.9. The molecule has 8 rings (SSSR count). The Balaban J connectivity index is 1.08. The molecule has 3 aliphatic heterocycles. The van der Waals surface area contributed by atoms with Crippen LogP contribution in [0.4, 0.5) is 0 Å². The van der Waals surface area contributed by atoms with Gasteiger partial charge in [0.15, 0.2) is 25.0 Å². The van der Waals surface area contributed by atoms with E-state index in [4.69, 9.17) is 28.4 Å². The third-order valence-corrected chi connectivity index (χ3v) is 19.8. The fourth-order valence-corrected chi connectivity index (χ4v) is 15.1. The van der Waals surface area contributed by atoms with Crippen molar-refractivity contribution in [3.63, 3.8) is 0 Å². The van der Waals surface area contributed by atoms with Gasteiger partial charge in [0, 0.05) is 17.4 Å². The molecule has 67 heavy (non-hydrogen) atoms. The molecule has 384 valence electrons. The van der Waals surface area contributed by atoms with E-state index in [-0.39, 0.29) is 58.0 Å². The second-order valence-corrected chi connectivity index (χ2v) is 23.4. The number of hydrogen-bond acceptors (Lipinski definition) is 18. The van der Waals surface area contributed by atoms with E-state index in [0.717, 1.165) is 38.5 Å². The highest BCUT2D eigenvalue weighted by molar-refractivity contribution is 5.73. The predicted molar refractivity (Wildman–Crippen MR) is 232 cm³/mol. The quantitative estimate of drug-likeness (QED) is 0.0986. The molecule has 0 amide bonds. The normalized spacial score (nSPS) is 56.7. The van der Waals surface area contributed by atoms with Crippen molar-refractivity contribution in [2.75, 3.05) is 19.8 Å². The monoisotopic (exact) mass is 959 g/mol. The second-order valence-electron chi connectivity index (χ2n) is 23.4. The van der Waals surface area contributed by atoms with Gasteiger partial charge in [0.2, 0.25) is 0 Å². The summed E-state index contributed by atoms with van der Waals surface area (Å²) < 4.78 is 36.2. The zero-order valence-corrected chi connectivity index (χ0v) is 39.8. The molecule has 19 nitrogen and oxygen atoms in total. The van der Waals surface area contributed by atoms with Gasteiger partial charge in [-0.3, -0.25) is 0 Å². The highest BCUT2D eigenvalue weighted by Gasteiger charge is 2.70. The van der Waals surface area contributed by atoms with E-state index < -0.39 is 122 Å². The van der Waals surface area contributed by atoms with Gasteiger partial charge in [-0.15, -0.1) is 0 Å². The molecule has 0 spiro atoms. The summed E-state index contributed by atoms with van der Waals surface area (Å²) in [6.07, 6.45) is -18.8. The third-order valence-electron chi connectivity index (χ3n) is 19.8. The number of carbonyl (C=O) groups is 1. The summed E-state index contributed by atoms with van der Waals surface area (Å²) in [7, 11) is 0. The smallest absolute Gasteiger partial charge is 0.335 e. The molecule has 7 fully saturated rings. The van der Waals surface area contributed by atoms with Crippen LogP contribution in [-0.4, -0.2) is 191 Å². The third kappa shape index (κ3) is 8.01. The molecule has 4 saturated carbocycles. The minimum Gasteiger partial charge on any atom is -0.479 e. The van der Waals surface area contributed by atoms with Gasteiger partial charge in [-0.25, -0.2) is 4.79 Å². The molecule has 2 unspecified atom stereocenters. The van der Waals surface area contributed by atoms with Gasteiger partial charge in [-0.1, -0.05) is 53.2 Å². The number of carboxylic acids is 1. The lowest BCUT2D eigenvalue weighted by molar-refractivity contribution is -0.396. The Morgan fingerprint density at radius 2 is 1.30 bits per heavy atom. The van der Waals surface area contributed by atoms with Crippen molar-refractivity contribution in [1.29, 1.82) is 0 Å². The van der Waals surface area contributed by atoms with Crippen molar-refractivity contribution in [3.05, 3.63) is 11.6 Å². The molecule has 3 heterocycles. The van der Waals surface area contributed by atoms with Crippen LogP contribution in [-0.2, 0) is 33.2 Å². The summed E-state index contributed by atoms with van der Waals surface area (Å²) in [6, 6.07) is 0. The largest absolute Gasteiger partial charge is 0.479 e. The topological polar surface area (TPSA) is 315 Å². The van der Waals surface area contributed by atoms with Crippen LogP contribution >= 0.6 is 0 Å². The Kier molecular flexibility index (Phi) is 14.1. The van der Waals surface area contributed by atoms with Crippen molar-refractivity contribution < 1.29 is 94.5 Å². The van der Waals surface area contributed by atoms with Crippen LogP contribution in [0.25, 0.3) is 0 Å². The first-order chi connectivity index (χ1) is 31.3. The van der Waals surface area contributed by atoms with E-state index >= 15 is 0 Å². The molecule has 0 radical (unpaired) electrons. The summed E-state index contributed by atoms with van der Waals surface area (Å²) in [5.41, 5.74) is -0.887. The van der Waals surface area contributed by atoms with Crippen LogP contribution in [0, 0.1) is 50.2 Å². The first-order valence-corrected chi connectivity index (χ1v) is 24.4. The summed E-state index contributed by atoms with van der Waals surface area (Å²) in [4.78, 5) is 12.5. The standard InChI is InChI=1S/C48H78O19/c1-21-29(53)31(55)35(59)40(62-21)66-37-32(56)30(54)24(18-49)63-41(37)67-38-34(58)33(57)36(39(60)61)65-42(38)64-28-11-12-45(4)25(46(28,5)20-51)10-13-48(7)26(45)9-8-22-23-16-43(2,19-50)17-27(52)44(23,3)14-15-47(22,48)6/h8,21,23-38,40-42,49-59H,9-20H2,1-7H3,(H,60,61)/t21-,23-,24+,25?,26?,27+,28-,29-,30-,31+,32-,33-,34-,35+,36-,37+,38+,40-,41-,42+,43-,44+,45-,46+,47+,48+/m0/s1. The molecule has 3 saturated heterocycles. The Bertz CT molecular complexity index is 1840. The summed E-state index contributed by atoms with van der Waals surface area (Å²) in [6.45, 7) is 13.6. The van der Waals surface area contributed by atoms with Crippen LogP contribution in [0.5, 0.6) is 0 Å². The molecule has 12 N–H and O–H groups in total. The minimum absolute atomic E-state index is 0.0116. The van der Waals surface area contributed by atoms with Crippen molar-refractivity contribution in [3.8, 4) is 0 Å². The van der Waals surface area contributed by atoms with Crippen LogP contribution in [0.3, 0.4) is 0 Å². The summed E-state index contributed by atoms with van der Waals surface area (Å²) in [5, 5.41) is 130. The fourth-order valence-electron chi connectivity index (χ4n) is 15.1. The van der Waals surface area contributed by atoms with Crippen LogP contribution < -0.4 is 0 Å². The number of allylic oxidation sites excluding steroid dienone is 2. The van der Waals surface area contributed by atoms with Crippen LogP contribution in [0.1, 0.15) is 106 Å². The molecule has 0 aromatic heterocycles. The van der Waals surface area contributed by atoms with Crippen molar-refractivity contribution in [2.24, 2.45) is 50.2 Å². The van der Waals surface area contributed by atoms with Crippen molar-refractivity contribution in [2.45, 2.75) is 211 Å². The van der Waals surface area contributed by atoms with Gasteiger partial charge in [-0.2, -0.15) is 0 Å². The maximum atomic E-state index is 12.5. The van der Waals surface area contributed by atoms with E-state index in [1.807, 2.05) is 6.92 Å². The lowest BCUT2D eigenvalue weighted by Gasteiger charge is -2.72. The number of ether oxygens (including phenoxy) is 6. The number of fused-ring (bicyclic) bond motifs is 7. The zero-order chi connectivity index (χ0) is 49.1. The highest BCUT2D eigenvalue weighted by atomic mass is 16.8. The Morgan fingerprint density at radius 3 is 1.93 bits per heavy atom. The van der Waals surface area contributed by atoms with Crippen LogP contribution in [0.15, 0.2) is 11.6 Å². The van der Waals surface area contributed by atoms with Crippen molar-refractivity contribution >= 4 is 5.97 Å². The van der Waals surface area contributed by atoms with Gasteiger partial charge >= 0.3 is 5.97 Å². The lowest BCUT2D eigenvalue weighted by atomic mass is 9.33. The van der Waals surface area contributed by atoms with E-state index in [9.17, 15) is 66.1 Å². The van der Waals surface area contributed by atoms with E-state index in [2.05, 4.69) is 40.7 Å². The van der Waals surface area contributed by atoms with Gasteiger partial charge < -0.3 is 89.7 Å². The van der Waals surface area contributed by atoms with E-state index in [1.165, 1.54) is 12.5 Å². The molecule has 5 aliphatic carbocycles. The molecule has 0 aromatic rings. The molecule has 19 heteroatoms. The maximum Gasteiger partial charge on any atom is 0.335 e. The predicted octanol–water partition coefficient (Wildman–Crippen LogP) is -0.323. The fraction of sp³-hybridized carbons (Fsp3) is 0.938. The maximum absolute atomic E-state index is 12.5. The molecule has 8 aliphatic rings. The number of hydrogen-bond donors (Lipinski definition) is 12. The van der Waals surface area contributed by atoms with Gasteiger partial charge in [0.25, 0.3) is 0 Å². The van der Waals surface area contributed by atoms with Gasteiger partial charge in [-0.05, 0) is 104 Å². The average Bonchev–Trinajstić information content (AvgIpc) is 3.28. The first-order valence-electron chi connectivity index (χ1n) is 24.4. The number of aliphatic hydroxyl groups excluding tert-OH is 11. The lowest BCUT2D eigenvalue weighted by Crippen LogP contribution is -2.68. The number of rotatable bonds is 10. The Morgan fingerprint density at radius 1 is 0.657 bits per heavy atom. The van der Waals surface area contributed by atoms with E-state index in [0.29, 0.717) is 19.3 Å². The van der Waals surface area contributed by atoms with E-state index in [1.54, 1.807) is 0 Å². The molecule has 0 aromatic carbocycles. The number of carboxylic acid groups (broad SMARTS) is 1. The number of aliphatic hydroxyl groups is 11.